The number of hydrogen-bond donors (Lipinski definition) is 2. The Morgan fingerprint density at radius 2 is 1.66 bits per heavy atom. The molecule has 3 aromatic rings. The number of rotatable bonds is 5. The molecule has 35 heavy (non-hydrogen) atoms. The molecule has 1 saturated heterocycles. The summed E-state index contributed by atoms with van der Waals surface area (Å²) in [5.41, 5.74) is 5.43. The summed E-state index contributed by atoms with van der Waals surface area (Å²) in [6.45, 7) is 0.517. The lowest BCUT2D eigenvalue weighted by molar-refractivity contribution is -0.143. The highest BCUT2D eigenvalue weighted by atomic mass is 32.2. The summed E-state index contributed by atoms with van der Waals surface area (Å²) in [6.07, 6.45) is -4.57. The summed E-state index contributed by atoms with van der Waals surface area (Å²) in [5, 5.41) is 11.3. The number of nitrogen functional groups attached to an aromatic ring is 1. The van der Waals surface area contributed by atoms with Crippen molar-refractivity contribution in [3.8, 4) is 10.6 Å². The van der Waals surface area contributed by atoms with E-state index < -0.39 is 21.9 Å². The lowest BCUT2D eigenvalue weighted by Gasteiger charge is -2.33. The lowest BCUT2D eigenvalue weighted by Crippen LogP contribution is -2.50. The van der Waals surface area contributed by atoms with Crippen molar-refractivity contribution in [1.82, 2.24) is 19.0 Å². The van der Waals surface area contributed by atoms with E-state index in [2.05, 4.69) is 5.10 Å². The van der Waals surface area contributed by atoms with Gasteiger partial charge in [-0.25, -0.2) is 8.42 Å². The van der Waals surface area contributed by atoms with Crippen LogP contribution in [-0.4, -0.2) is 65.3 Å². The van der Waals surface area contributed by atoms with Crippen LogP contribution in [0.1, 0.15) is 21.6 Å². The molecular weight excluding hydrogens is 505 g/mol. The van der Waals surface area contributed by atoms with Crippen molar-refractivity contribution < 1.29 is 26.4 Å². The van der Waals surface area contributed by atoms with Gasteiger partial charge in [0.25, 0.3) is 15.9 Å². The highest BCUT2D eigenvalue weighted by Gasteiger charge is 2.36. The van der Waals surface area contributed by atoms with Crippen LogP contribution in [0.25, 0.3) is 10.6 Å². The van der Waals surface area contributed by atoms with Crippen LogP contribution in [0.3, 0.4) is 0 Å². The summed E-state index contributed by atoms with van der Waals surface area (Å²) >= 11 is 0.846. The molecule has 1 aliphatic heterocycles. The number of nitrogens with two attached hydrogens (primary N) is 1. The summed E-state index contributed by atoms with van der Waals surface area (Å²) in [6, 6.07) is 9.95. The first kappa shape index (κ1) is 24.9. The zero-order chi connectivity index (χ0) is 25.5. The van der Waals surface area contributed by atoms with Crippen LogP contribution in [0.5, 0.6) is 0 Å². The van der Waals surface area contributed by atoms with E-state index in [9.17, 15) is 26.4 Å². The van der Waals surface area contributed by atoms with Gasteiger partial charge in [-0.1, -0.05) is 12.1 Å². The number of benzene rings is 1. The number of amides is 1. The molecule has 0 unspecified atom stereocenters. The molecular formula is C21H21F3N6O3S2. The Bertz CT molecular complexity index is 1370. The number of piperazine rings is 1. The molecule has 4 rings (SSSR count). The third kappa shape index (κ3) is 4.94. The number of alkyl halides is 3. The van der Waals surface area contributed by atoms with Gasteiger partial charge in [0.05, 0.1) is 4.88 Å². The van der Waals surface area contributed by atoms with E-state index in [0.717, 1.165) is 17.4 Å². The van der Waals surface area contributed by atoms with E-state index in [1.807, 2.05) is 0 Å². The van der Waals surface area contributed by atoms with Crippen LogP contribution in [-0.2, 0) is 23.2 Å². The van der Waals surface area contributed by atoms with Crippen molar-refractivity contribution in [2.24, 2.45) is 12.8 Å². The van der Waals surface area contributed by atoms with E-state index in [-0.39, 0.29) is 47.8 Å². The number of nitrogens with zero attached hydrogens (tertiary/aromatic N) is 4. The topological polar surface area (TPSA) is 125 Å². The Hall–Kier alpha value is -3.23. The maximum absolute atomic E-state index is 13.1. The largest absolute Gasteiger partial charge is 0.433 e. The number of carbonyl (C=O) groups is 1. The van der Waals surface area contributed by atoms with Gasteiger partial charge in [0.1, 0.15) is 21.4 Å². The number of hydrogen-bond acceptors (Lipinski definition) is 6. The van der Waals surface area contributed by atoms with Crippen molar-refractivity contribution in [3.63, 3.8) is 0 Å². The third-order valence-electron chi connectivity index (χ3n) is 5.57. The molecule has 1 aromatic carbocycles. The van der Waals surface area contributed by atoms with E-state index in [0.29, 0.717) is 20.7 Å². The summed E-state index contributed by atoms with van der Waals surface area (Å²) in [4.78, 5) is 14.6. The van der Waals surface area contributed by atoms with Crippen molar-refractivity contribution in [3.05, 3.63) is 59.3 Å². The van der Waals surface area contributed by atoms with Gasteiger partial charge in [0.15, 0.2) is 0 Å². The summed E-state index contributed by atoms with van der Waals surface area (Å²) in [5.74, 6) is -0.366. The first-order valence-electron chi connectivity index (χ1n) is 10.3. The molecule has 0 bridgehead atoms. The maximum atomic E-state index is 13.1. The monoisotopic (exact) mass is 526 g/mol. The first-order chi connectivity index (χ1) is 16.4. The molecule has 1 amide bonds. The van der Waals surface area contributed by atoms with E-state index in [4.69, 9.17) is 11.1 Å². The summed E-state index contributed by atoms with van der Waals surface area (Å²) in [7, 11) is -2.71. The second-order valence-corrected chi connectivity index (χ2v) is 11.1. The van der Waals surface area contributed by atoms with Crippen molar-refractivity contribution in [2.75, 3.05) is 26.2 Å². The van der Waals surface area contributed by atoms with Crippen LogP contribution >= 0.6 is 11.3 Å². The lowest BCUT2D eigenvalue weighted by atomic mass is 10.1. The van der Waals surface area contributed by atoms with Gasteiger partial charge in [0, 0.05) is 44.4 Å². The molecule has 3 heterocycles. The number of aryl methyl sites for hydroxylation is 1. The van der Waals surface area contributed by atoms with Gasteiger partial charge in [-0.15, -0.1) is 11.3 Å². The fourth-order valence-corrected chi connectivity index (χ4v) is 6.52. The fourth-order valence-electron chi connectivity index (χ4n) is 3.68. The van der Waals surface area contributed by atoms with Gasteiger partial charge in [0.2, 0.25) is 0 Å². The zero-order valence-corrected chi connectivity index (χ0v) is 20.0. The van der Waals surface area contributed by atoms with Crippen molar-refractivity contribution in [1.29, 1.82) is 5.41 Å². The van der Waals surface area contributed by atoms with Crippen molar-refractivity contribution >= 4 is 33.1 Å². The number of thiophene rings is 1. The Labute approximate surface area is 203 Å². The van der Waals surface area contributed by atoms with Crippen LogP contribution < -0.4 is 5.73 Å². The number of amidine groups is 1. The molecule has 1 aliphatic rings. The average molecular weight is 527 g/mol. The number of sulfonamides is 1. The molecule has 0 saturated carbocycles. The summed E-state index contributed by atoms with van der Waals surface area (Å²) < 4.78 is 67.4. The van der Waals surface area contributed by atoms with Gasteiger partial charge >= 0.3 is 6.18 Å². The minimum Gasteiger partial charge on any atom is -0.384 e. The second-order valence-electron chi connectivity index (χ2n) is 7.84. The van der Waals surface area contributed by atoms with Crippen molar-refractivity contribution in [2.45, 2.75) is 10.4 Å². The molecule has 0 spiro atoms. The van der Waals surface area contributed by atoms with Gasteiger partial charge in [-0.05, 0) is 30.3 Å². The standard InChI is InChI=1S/C21H21F3N6O3S2/c1-28-17(21(22,23)24)12-15(27-28)16-6-7-18(34-16)35(32,33)30-10-8-29(9-11-30)20(31)14-4-2-13(3-5-14)19(25)26/h2-7,12H,8-11H2,1H3,(H3,25,26). The maximum Gasteiger partial charge on any atom is 0.433 e. The first-order valence-corrected chi connectivity index (χ1v) is 12.6. The van der Waals surface area contributed by atoms with E-state index in [1.54, 1.807) is 29.2 Å². The van der Waals surface area contributed by atoms with Crippen LogP contribution in [0.2, 0.25) is 0 Å². The minimum atomic E-state index is -4.57. The Morgan fingerprint density at radius 1 is 1.06 bits per heavy atom. The number of nitrogens with one attached hydrogen (secondary N) is 1. The number of halogens is 3. The Morgan fingerprint density at radius 3 is 2.20 bits per heavy atom. The molecule has 0 atom stereocenters. The smallest absolute Gasteiger partial charge is 0.384 e. The third-order valence-corrected chi connectivity index (χ3v) is 9.04. The number of aromatic nitrogens is 2. The molecule has 0 radical (unpaired) electrons. The fraction of sp³-hybridized carbons (Fsp3) is 0.286. The highest BCUT2D eigenvalue weighted by Crippen LogP contribution is 2.36. The van der Waals surface area contributed by atoms with E-state index in [1.165, 1.54) is 23.5 Å². The van der Waals surface area contributed by atoms with E-state index >= 15 is 0 Å². The van der Waals surface area contributed by atoms with Crippen LogP contribution in [0, 0.1) is 5.41 Å². The zero-order valence-electron chi connectivity index (χ0n) is 18.4. The average Bonchev–Trinajstić information content (AvgIpc) is 3.46. The van der Waals surface area contributed by atoms with Crippen LogP contribution in [0.4, 0.5) is 13.2 Å². The molecule has 3 N–H and O–H groups in total. The second kappa shape index (κ2) is 9.09. The van der Waals surface area contributed by atoms with Gasteiger partial charge in [-0.3, -0.25) is 14.9 Å². The SMILES string of the molecule is Cn1nc(-c2ccc(S(=O)(=O)N3CCN(C(=O)c4ccc(C(=N)N)cc4)CC3)s2)cc1C(F)(F)F. The van der Waals surface area contributed by atoms with Gasteiger partial charge < -0.3 is 10.6 Å². The molecule has 186 valence electrons. The normalized spacial score (nSPS) is 15.4. The molecule has 0 aliphatic carbocycles. The molecule has 2 aromatic heterocycles. The van der Waals surface area contributed by atoms with Gasteiger partial charge in [-0.2, -0.15) is 22.6 Å². The molecule has 1 fully saturated rings. The molecule has 9 nitrogen and oxygen atoms in total. The number of carbonyl (C=O) groups excluding carboxylic acids is 1. The minimum absolute atomic E-state index is 0.00805. The van der Waals surface area contributed by atoms with Crippen LogP contribution in [0.15, 0.2) is 46.7 Å². The Kier molecular flexibility index (Phi) is 6.46. The predicted octanol–water partition coefficient (Wildman–Crippen LogP) is 2.60. The predicted molar refractivity (Wildman–Crippen MR) is 124 cm³/mol. The molecule has 14 heteroatoms. The highest BCUT2D eigenvalue weighted by molar-refractivity contribution is 7.91. The quantitative estimate of drug-likeness (QED) is 0.391. The Balaban J connectivity index is 1.44.